The van der Waals surface area contributed by atoms with Crippen molar-refractivity contribution in [1.29, 1.82) is 0 Å². The third kappa shape index (κ3) is 5.94. The second-order valence-corrected chi connectivity index (χ2v) is 8.79. The Labute approximate surface area is 133 Å². The van der Waals surface area contributed by atoms with Gasteiger partial charge in [-0.1, -0.05) is 20.3 Å². The number of hydrogen-bond acceptors (Lipinski definition) is 4. The monoisotopic (exact) mass is 348 g/mol. The maximum atomic E-state index is 12.1. The number of sulfonamides is 2. The predicted molar refractivity (Wildman–Crippen MR) is 88.8 cm³/mol. The summed E-state index contributed by atoms with van der Waals surface area (Å²) < 4.78 is 52.7. The van der Waals surface area contributed by atoms with Crippen LogP contribution < -0.4 is 9.44 Å². The molecule has 2 N–H and O–H groups in total. The quantitative estimate of drug-likeness (QED) is 0.716. The minimum absolute atomic E-state index is 0.0547. The maximum Gasteiger partial charge on any atom is 0.240 e. The molecule has 1 rings (SSSR count). The molecular weight excluding hydrogens is 324 g/mol. The Kier molecular flexibility index (Phi) is 6.83. The molecule has 0 aliphatic heterocycles. The lowest BCUT2D eigenvalue weighted by Crippen LogP contribution is -2.31. The lowest BCUT2D eigenvalue weighted by atomic mass is 10.3. The average molecular weight is 348 g/mol. The van der Waals surface area contributed by atoms with E-state index in [1.54, 1.807) is 6.92 Å². The summed E-state index contributed by atoms with van der Waals surface area (Å²) in [6, 6.07) is 5.53. The van der Waals surface area contributed by atoms with Crippen molar-refractivity contribution < 1.29 is 16.8 Å². The molecule has 1 aromatic carbocycles. The van der Waals surface area contributed by atoms with E-state index >= 15 is 0 Å². The first-order chi connectivity index (χ1) is 10.2. The standard InChI is InChI=1S/C14H24N2O4S2/c1-4-6-11-21(17,18)16-13-7-9-14(10-8-13)22(19,20)15-12(3)5-2/h7-10,12,15-16H,4-6,11H2,1-3H3. The molecule has 6 nitrogen and oxygen atoms in total. The fourth-order valence-corrected chi connectivity index (χ4v) is 4.28. The summed E-state index contributed by atoms with van der Waals surface area (Å²) in [5.74, 6) is 0.0547. The van der Waals surface area contributed by atoms with Crippen LogP contribution in [0.3, 0.4) is 0 Å². The largest absolute Gasteiger partial charge is 0.284 e. The zero-order chi connectivity index (χ0) is 16.8. The summed E-state index contributed by atoms with van der Waals surface area (Å²) in [6.45, 7) is 5.59. The molecule has 0 fully saturated rings. The number of nitrogens with one attached hydrogen (secondary N) is 2. The Hall–Kier alpha value is -1.12. The molecule has 126 valence electrons. The van der Waals surface area contributed by atoms with E-state index in [0.29, 0.717) is 18.5 Å². The SMILES string of the molecule is CCCCS(=O)(=O)Nc1ccc(S(=O)(=O)NC(C)CC)cc1. The van der Waals surface area contributed by atoms with Crippen molar-refractivity contribution in [3.8, 4) is 0 Å². The Balaban J connectivity index is 2.83. The zero-order valence-electron chi connectivity index (χ0n) is 13.2. The molecule has 0 bridgehead atoms. The van der Waals surface area contributed by atoms with Crippen molar-refractivity contribution in [2.75, 3.05) is 10.5 Å². The van der Waals surface area contributed by atoms with Gasteiger partial charge in [0.15, 0.2) is 0 Å². The van der Waals surface area contributed by atoms with E-state index in [0.717, 1.165) is 6.42 Å². The molecule has 0 saturated heterocycles. The highest BCUT2D eigenvalue weighted by Gasteiger charge is 2.17. The normalized spacial score (nSPS) is 13.8. The Morgan fingerprint density at radius 1 is 1.05 bits per heavy atom. The smallest absolute Gasteiger partial charge is 0.240 e. The second-order valence-electron chi connectivity index (χ2n) is 5.23. The van der Waals surface area contributed by atoms with Gasteiger partial charge in [0.2, 0.25) is 20.0 Å². The second kappa shape index (κ2) is 7.94. The van der Waals surface area contributed by atoms with Crippen LogP contribution in [0.2, 0.25) is 0 Å². The third-order valence-corrected chi connectivity index (χ3v) is 6.15. The molecule has 1 aromatic rings. The van der Waals surface area contributed by atoms with E-state index < -0.39 is 20.0 Å². The number of rotatable bonds is 9. The maximum absolute atomic E-state index is 12.1. The highest BCUT2D eigenvalue weighted by Crippen LogP contribution is 2.16. The van der Waals surface area contributed by atoms with Gasteiger partial charge in [-0.05, 0) is 44.0 Å². The van der Waals surface area contributed by atoms with Crippen LogP contribution in [0.4, 0.5) is 5.69 Å². The van der Waals surface area contributed by atoms with Gasteiger partial charge in [0, 0.05) is 11.7 Å². The molecule has 22 heavy (non-hydrogen) atoms. The van der Waals surface area contributed by atoms with Crippen molar-refractivity contribution in [2.24, 2.45) is 0 Å². The minimum Gasteiger partial charge on any atom is -0.284 e. The van der Waals surface area contributed by atoms with Crippen molar-refractivity contribution in [3.63, 3.8) is 0 Å². The van der Waals surface area contributed by atoms with Crippen molar-refractivity contribution in [1.82, 2.24) is 4.72 Å². The van der Waals surface area contributed by atoms with Crippen molar-refractivity contribution in [3.05, 3.63) is 24.3 Å². The van der Waals surface area contributed by atoms with Crippen LogP contribution in [0.5, 0.6) is 0 Å². The van der Waals surface area contributed by atoms with Gasteiger partial charge in [0.1, 0.15) is 0 Å². The van der Waals surface area contributed by atoms with E-state index in [1.165, 1.54) is 24.3 Å². The number of benzene rings is 1. The summed E-state index contributed by atoms with van der Waals surface area (Å²) in [5, 5.41) is 0. The Morgan fingerprint density at radius 2 is 1.64 bits per heavy atom. The number of hydrogen-bond donors (Lipinski definition) is 2. The van der Waals surface area contributed by atoms with Gasteiger partial charge in [-0.15, -0.1) is 0 Å². The molecule has 0 aromatic heterocycles. The molecule has 0 heterocycles. The van der Waals surface area contributed by atoms with Crippen LogP contribution in [0, 0.1) is 0 Å². The molecule has 0 radical (unpaired) electrons. The summed E-state index contributed by atoms with van der Waals surface area (Å²) >= 11 is 0. The molecule has 1 unspecified atom stereocenters. The summed E-state index contributed by atoms with van der Waals surface area (Å²) in [7, 11) is -6.96. The first-order valence-electron chi connectivity index (χ1n) is 7.33. The topological polar surface area (TPSA) is 92.3 Å². The van der Waals surface area contributed by atoms with E-state index in [2.05, 4.69) is 9.44 Å². The van der Waals surface area contributed by atoms with Gasteiger partial charge >= 0.3 is 0 Å². The van der Waals surface area contributed by atoms with Gasteiger partial charge in [-0.2, -0.15) is 0 Å². The molecule has 0 aliphatic carbocycles. The highest BCUT2D eigenvalue weighted by atomic mass is 32.2. The molecule has 0 spiro atoms. The van der Waals surface area contributed by atoms with E-state index in [-0.39, 0.29) is 16.7 Å². The van der Waals surface area contributed by atoms with Crippen LogP contribution >= 0.6 is 0 Å². The summed E-state index contributed by atoms with van der Waals surface area (Å²) in [5.41, 5.74) is 0.360. The number of unbranched alkanes of at least 4 members (excludes halogenated alkanes) is 1. The van der Waals surface area contributed by atoms with E-state index in [9.17, 15) is 16.8 Å². The van der Waals surface area contributed by atoms with Crippen LogP contribution in [-0.2, 0) is 20.0 Å². The lowest BCUT2D eigenvalue weighted by molar-refractivity contribution is 0.556. The minimum atomic E-state index is -3.57. The third-order valence-electron chi connectivity index (χ3n) is 3.17. The molecule has 1 atom stereocenters. The zero-order valence-corrected chi connectivity index (χ0v) is 14.8. The van der Waals surface area contributed by atoms with Crippen LogP contribution in [-0.4, -0.2) is 28.6 Å². The van der Waals surface area contributed by atoms with Crippen LogP contribution in [0.1, 0.15) is 40.0 Å². The Bertz CT molecular complexity index is 667. The van der Waals surface area contributed by atoms with E-state index in [4.69, 9.17) is 0 Å². The van der Waals surface area contributed by atoms with Crippen molar-refractivity contribution >= 4 is 25.7 Å². The highest BCUT2D eigenvalue weighted by molar-refractivity contribution is 7.92. The van der Waals surface area contributed by atoms with Gasteiger partial charge in [0.05, 0.1) is 10.6 Å². The molecule has 0 saturated carbocycles. The molecule has 8 heteroatoms. The van der Waals surface area contributed by atoms with Gasteiger partial charge in [-0.25, -0.2) is 21.6 Å². The van der Waals surface area contributed by atoms with Crippen molar-refractivity contribution in [2.45, 2.75) is 51.0 Å². The summed E-state index contributed by atoms with van der Waals surface area (Å²) in [6.07, 6.45) is 2.06. The van der Waals surface area contributed by atoms with Gasteiger partial charge in [0.25, 0.3) is 0 Å². The van der Waals surface area contributed by atoms with Crippen LogP contribution in [0.15, 0.2) is 29.2 Å². The Morgan fingerprint density at radius 3 is 2.14 bits per heavy atom. The molecule has 0 amide bonds. The molecular formula is C14H24N2O4S2. The van der Waals surface area contributed by atoms with Gasteiger partial charge < -0.3 is 0 Å². The van der Waals surface area contributed by atoms with E-state index in [1.807, 2.05) is 13.8 Å². The number of anilines is 1. The summed E-state index contributed by atoms with van der Waals surface area (Å²) in [4.78, 5) is 0.115. The molecule has 0 aliphatic rings. The van der Waals surface area contributed by atoms with Crippen LogP contribution in [0.25, 0.3) is 0 Å². The average Bonchev–Trinajstić information content (AvgIpc) is 2.44. The first kappa shape index (κ1) is 18.9. The first-order valence-corrected chi connectivity index (χ1v) is 10.5. The van der Waals surface area contributed by atoms with Gasteiger partial charge in [-0.3, -0.25) is 4.72 Å². The fraction of sp³-hybridized carbons (Fsp3) is 0.571. The predicted octanol–water partition coefficient (Wildman–Crippen LogP) is 2.31. The lowest BCUT2D eigenvalue weighted by Gasteiger charge is -2.13. The fourth-order valence-electron chi connectivity index (χ4n) is 1.68.